The number of ketones is 1. The maximum atomic E-state index is 12.9. The molecular weight excluding hydrogens is 382 g/mol. The highest BCUT2D eigenvalue weighted by Crippen LogP contribution is 2.60. The highest BCUT2D eigenvalue weighted by Gasteiger charge is 2.54. The van der Waals surface area contributed by atoms with Crippen molar-refractivity contribution in [3.8, 4) is 0 Å². The number of ether oxygens (including phenoxy) is 1. The summed E-state index contributed by atoms with van der Waals surface area (Å²) in [5, 5.41) is 0. The second-order valence-electron chi connectivity index (χ2n) is 9.69. The lowest BCUT2D eigenvalue weighted by molar-refractivity contribution is -0.157. The number of carbonyl (C=O) groups is 4. The maximum Gasteiger partial charge on any atom is 0.306 e. The van der Waals surface area contributed by atoms with E-state index in [1.165, 1.54) is 24.2 Å². The predicted octanol–water partition coefficient (Wildman–Crippen LogP) is 3.39. The fourth-order valence-corrected chi connectivity index (χ4v) is 6.65. The average Bonchev–Trinajstić information content (AvgIpc) is 2.96. The summed E-state index contributed by atoms with van der Waals surface area (Å²) in [5.41, 5.74) is 0.562. The van der Waals surface area contributed by atoms with Crippen LogP contribution in [-0.2, 0) is 14.3 Å². The van der Waals surface area contributed by atoms with Crippen LogP contribution in [0, 0.1) is 23.2 Å². The van der Waals surface area contributed by atoms with E-state index in [0.29, 0.717) is 35.3 Å². The largest absolute Gasteiger partial charge is 0.458 e. The summed E-state index contributed by atoms with van der Waals surface area (Å²) < 4.78 is 5.30. The molecule has 1 aromatic rings. The van der Waals surface area contributed by atoms with Crippen LogP contribution < -0.4 is 0 Å². The van der Waals surface area contributed by atoms with Gasteiger partial charge < -0.3 is 4.74 Å². The molecule has 0 unspecified atom stereocenters. The molecule has 30 heavy (non-hydrogen) atoms. The Balaban J connectivity index is 1.09. The van der Waals surface area contributed by atoms with Crippen molar-refractivity contribution in [2.45, 2.75) is 51.4 Å². The zero-order valence-corrected chi connectivity index (χ0v) is 17.1. The monoisotopic (exact) mass is 409 g/mol. The van der Waals surface area contributed by atoms with E-state index in [4.69, 9.17) is 4.74 Å². The third-order valence-electron chi connectivity index (χ3n) is 7.63. The fraction of sp³-hybridized carbons (Fsp3) is 0.583. The first-order valence-electron chi connectivity index (χ1n) is 11.1. The summed E-state index contributed by atoms with van der Waals surface area (Å²) >= 11 is 0. The number of hydrogen-bond donors (Lipinski definition) is 0. The molecule has 4 fully saturated rings. The first-order chi connectivity index (χ1) is 14.4. The molecule has 6 nitrogen and oxygen atoms in total. The zero-order chi connectivity index (χ0) is 20.9. The molecule has 1 heterocycles. The maximum absolute atomic E-state index is 12.9. The molecule has 0 spiro atoms. The predicted molar refractivity (Wildman–Crippen MR) is 108 cm³/mol. The Labute approximate surface area is 175 Å². The highest BCUT2D eigenvalue weighted by atomic mass is 16.5. The molecule has 4 aliphatic carbocycles. The van der Waals surface area contributed by atoms with Gasteiger partial charge >= 0.3 is 5.97 Å². The molecule has 6 heteroatoms. The van der Waals surface area contributed by atoms with E-state index < -0.39 is 5.97 Å². The van der Waals surface area contributed by atoms with Crippen LogP contribution in [0.25, 0.3) is 0 Å². The molecule has 158 valence electrons. The molecule has 6 rings (SSSR count). The molecule has 4 bridgehead atoms. The van der Waals surface area contributed by atoms with Crippen LogP contribution in [0.4, 0.5) is 0 Å². The molecule has 5 aliphatic rings. The first-order valence-corrected chi connectivity index (χ1v) is 11.1. The van der Waals surface area contributed by atoms with Crippen molar-refractivity contribution in [2.75, 3.05) is 13.2 Å². The van der Waals surface area contributed by atoms with Gasteiger partial charge in [-0.15, -0.1) is 0 Å². The third kappa shape index (κ3) is 3.26. The topological polar surface area (TPSA) is 80.8 Å². The standard InChI is InChI=1S/C24H27NO5/c26-20(24-11-15-8-16(12-24)10-17(9-15)13-24)14-30-21(27)6-3-7-25-22(28)18-4-1-2-5-19(18)23(25)29/h1-2,4-5,15-17H,3,6-14H2. The van der Waals surface area contributed by atoms with E-state index in [1.807, 2.05) is 0 Å². The van der Waals surface area contributed by atoms with Crippen LogP contribution in [-0.4, -0.2) is 41.6 Å². The minimum absolute atomic E-state index is 0.0849. The Morgan fingerprint density at radius 1 is 0.933 bits per heavy atom. The number of nitrogens with zero attached hydrogens (tertiary/aromatic N) is 1. The van der Waals surface area contributed by atoms with E-state index in [1.54, 1.807) is 24.3 Å². The summed E-state index contributed by atoms with van der Waals surface area (Å²) in [6.07, 6.45) is 7.12. The van der Waals surface area contributed by atoms with E-state index >= 15 is 0 Å². The zero-order valence-electron chi connectivity index (χ0n) is 17.1. The van der Waals surface area contributed by atoms with E-state index in [9.17, 15) is 19.2 Å². The number of Topliss-reactive ketones (excluding diaryl/α,β-unsaturated/α-hetero) is 1. The van der Waals surface area contributed by atoms with Gasteiger partial charge in [-0.25, -0.2) is 0 Å². The molecule has 0 atom stereocenters. The van der Waals surface area contributed by atoms with E-state index in [2.05, 4.69) is 0 Å². The lowest BCUT2D eigenvalue weighted by Crippen LogP contribution is -2.51. The van der Waals surface area contributed by atoms with Crippen molar-refractivity contribution >= 4 is 23.6 Å². The second-order valence-corrected chi connectivity index (χ2v) is 9.69. The van der Waals surface area contributed by atoms with Gasteiger partial charge in [0, 0.05) is 18.4 Å². The van der Waals surface area contributed by atoms with E-state index in [-0.39, 0.29) is 42.6 Å². The Kier molecular flexibility index (Phi) is 4.75. The van der Waals surface area contributed by atoms with Gasteiger partial charge in [0.05, 0.1) is 11.1 Å². The number of imide groups is 1. The van der Waals surface area contributed by atoms with Crippen LogP contribution in [0.2, 0.25) is 0 Å². The average molecular weight is 409 g/mol. The smallest absolute Gasteiger partial charge is 0.306 e. The number of fused-ring (bicyclic) bond motifs is 1. The fourth-order valence-electron chi connectivity index (χ4n) is 6.65. The lowest BCUT2D eigenvalue weighted by atomic mass is 9.48. The minimum Gasteiger partial charge on any atom is -0.458 e. The number of hydrogen-bond acceptors (Lipinski definition) is 5. The number of amides is 2. The molecule has 4 saturated carbocycles. The molecule has 1 aliphatic heterocycles. The van der Waals surface area contributed by atoms with Gasteiger partial charge in [-0.05, 0) is 74.8 Å². The summed E-state index contributed by atoms with van der Waals surface area (Å²) in [4.78, 5) is 51.0. The first kappa shape index (κ1) is 19.5. The van der Waals surface area contributed by atoms with Gasteiger partial charge in [0.15, 0.2) is 12.4 Å². The molecular formula is C24H27NO5. The van der Waals surface area contributed by atoms with Gasteiger partial charge in [-0.1, -0.05) is 12.1 Å². The van der Waals surface area contributed by atoms with E-state index in [0.717, 1.165) is 19.3 Å². The van der Waals surface area contributed by atoms with Gasteiger partial charge in [0.1, 0.15) is 0 Å². The second kappa shape index (κ2) is 7.33. The van der Waals surface area contributed by atoms with Crippen LogP contribution in [0.5, 0.6) is 0 Å². The van der Waals surface area contributed by atoms with Crippen molar-refractivity contribution in [1.29, 1.82) is 0 Å². The molecule has 0 aromatic heterocycles. The Bertz CT molecular complexity index is 850. The van der Waals surface area contributed by atoms with Gasteiger partial charge in [-0.3, -0.25) is 24.1 Å². The van der Waals surface area contributed by atoms with Crippen LogP contribution in [0.3, 0.4) is 0 Å². The lowest BCUT2D eigenvalue weighted by Gasteiger charge is -2.55. The Morgan fingerprint density at radius 3 is 2.00 bits per heavy atom. The molecule has 0 N–H and O–H groups in total. The summed E-state index contributed by atoms with van der Waals surface area (Å²) in [7, 11) is 0. The number of carbonyl (C=O) groups excluding carboxylic acids is 4. The third-order valence-corrected chi connectivity index (χ3v) is 7.63. The minimum atomic E-state index is -0.440. The van der Waals surface area contributed by atoms with Crippen LogP contribution >= 0.6 is 0 Å². The van der Waals surface area contributed by atoms with Crippen molar-refractivity contribution in [2.24, 2.45) is 23.2 Å². The number of esters is 1. The van der Waals surface area contributed by atoms with Crippen molar-refractivity contribution in [3.63, 3.8) is 0 Å². The highest BCUT2D eigenvalue weighted by molar-refractivity contribution is 6.21. The number of rotatable bonds is 7. The van der Waals surface area contributed by atoms with Gasteiger partial charge in [-0.2, -0.15) is 0 Å². The molecule has 0 radical (unpaired) electrons. The van der Waals surface area contributed by atoms with Crippen molar-refractivity contribution < 1.29 is 23.9 Å². The molecule has 0 saturated heterocycles. The van der Waals surface area contributed by atoms with Gasteiger partial charge in [0.25, 0.3) is 11.8 Å². The van der Waals surface area contributed by atoms with Gasteiger partial charge in [0.2, 0.25) is 0 Å². The Hall–Kier alpha value is -2.50. The molecule has 1 aromatic carbocycles. The Morgan fingerprint density at radius 2 is 1.47 bits per heavy atom. The summed E-state index contributed by atoms with van der Waals surface area (Å²) in [6, 6.07) is 6.73. The van der Waals surface area contributed by atoms with Crippen LogP contribution in [0.1, 0.15) is 72.1 Å². The SMILES string of the molecule is O=C(CCCN1C(=O)c2ccccc2C1=O)OCC(=O)C12CC3CC(CC(C3)C1)C2. The van der Waals surface area contributed by atoms with Crippen LogP contribution in [0.15, 0.2) is 24.3 Å². The quantitative estimate of drug-likeness (QED) is 0.509. The molecule has 2 amide bonds. The van der Waals surface area contributed by atoms with Crippen molar-refractivity contribution in [3.05, 3.63) is 35.4 Å². The summed E-state index contributed by atoms with van der Waals surface area (Å²) in [5.74, 6) is 1.04. The normalized spacial score (nSPS) is 31.2. The van der Waals surface area contributed by atoms with Crippen molar-refractivity contribution in [1.82, 2.24) is 4.90 Å². The summed E-state index contributed by atoms with van der Waals surface area (Å²) in [6.45, 7) is 0.0301. The number of benzene rings is 1.